The molecule has 86 valence electrons. The van der Waals surface area contributed by atoms with E-state index in [4.69, 9.17) is 10.8 Å². The zero-order valence-corrected chi connectivity index (χ0v) is 9.23. The van der Waals surface area contributed by atoms with Gasteiger partial charge in [-0.1, -0.05) is 30.7 Å². The fourth-order valence-corrected chi connectivity index (χ4v) is 2.10. The van der Waals surface area contributed by atoms with Crippen LogP contribution in [0.15, 0.2) is 24.3 Å². The molecular formula is C13H17NO2. The summed E-state index contributed by atoms with van der Waals surface area (Å²) in [5, 5.41) is 8.66. The van der Waals surface area contributed by atoms with Gasteiger partial charge in [-0.25, -0.2) is 0 Å². The summed E-state index contributed by atoms with van der Waals surface area (Å²) in [6.45, 7) is 0. The van der Waals surface area contributed by atoms with Crippen LogP contribution in [0, 0.1) is 5.92 Å². The maximum atomic E-state index is 10.5. The second-order valence-corrected chi connectivity index (χ2v) is 4.53. The summed E-state index contributed by atoms with van der Waals surface area (Å²) in [7, 11) is 0. The molecule has 3 heteroatoms. The van der Waals surface area contributed by atoms with E-state index in [1.807, 2.05) is 24.3 Å². The summed E-state index contributed by atoms with van der Waals surface area (Å²) >= 11 is 0. The SMILES string of the molecule is NC(c1ccc(CC(=O)O)cc1)C1CCC1. The second kappa shape index (κ2) is 4.66. The van der Waals surface area contributed by atoms with Gasteiger partial charge in [0.1, 0.15) is 0 Å². The van der Waals surface area contributed by atoms with E-state index < -0.39 is 5.97 Å². The highest BCUT2D eigenvalue weighted by atomic mass is 16.4. The molecule has 1 fully saturated rings. The average Bonchev–Trinajstić information content (AvgIpc) is 2.15. The number of hydrogen-bond donors (Lipinski definition) is 2. The van der Waals surface area contributed by atoms with Gasteiger partial charge in [0, 0.05) is 6.04 Å². The van der Waals surface area contributed by atoms with E-state index in [0.717, 1.165) is 11.1 Å². The number of benzene rings is 1. The molecule has 3 nitrogen and oxygen atoms in total. The van der Waals surface area contributed by atoms with Crippen molar-refractivity contribution in [1.82, 2.24) is 0 Å². The number of hydrogen-bond acceptors (Lipinski definition) is 2. The van der Waals surface area contributed by atoms with Crippen LogP contribution in [-0.2, 0) is 11.2 Å². The van der Waals surface area contributed by atoms with Gasteiger partial charge < -0.3 is 10.8 Å². The van der Waals surface area contributed by atoms with Crippen molar-refractivity contribution in [1.29, 1.82) is 0 Å². The first-order valence-corrected chi connectivity index (χ1v) is 5.73. The second-order valence-electron chi connectivity index (χ2n) is 4.53. The fourth-order valence-electron chi connectivity index (χ4n) is 2.10. The first kappa shape index (κ1) is 11.1. The summed E-state index contributed by atoms with van der Waals surface area (Å²) in [6.07, 6.45) is 3.81. The summed E-state index contributed by atoms with van der Waals surface area (Å²) in [5.74, 6) is -0.179. The zero-order valence-electron chi connectivity index (χ0n) is 9.23. The lowest BCUT2D eigenvalue weighted by Gasteiger charge is -2.31. The lowest BCUT2D eigenvalue weighted by molar-refractivity contribution is -0.136. The van der Waals surface area contributed by atoms with Gasteiger partial charge >= 0.3 is 5.97 Å². The number of rotatable bonds is 4. The predicted molar refractivity (Wildman–Crippen MR) is 62.1 cm³/mol. The van der Waals surface area contributed by atoms with E-state index in [1.54, 1.807) is 0 Å². The van der Waals surface area contributed by atoms with Crippen LogP contribution < -0.4 is 5.73 Å². The van der Waals surface area contributed by atoms with Gasteiger partial charge in [0.25, 0.3) is 0 Å². The molecule has 0 spiro atoms. The summed E-state index contributed by atoms with van der Waals surface area (Å²) < 4.78 is 0. The summed E-state index contributed by atoms with van der Waals surface area (Å²) in [4.78, 5) is 10.5. The minimum atomic E-state index is -0.795. The lowest BCUT2D eigenvalue weighted by atomic mass is 9.77. The number of carboxylic acids is 1. The van der Waals surface area contributed by atoms with Gasteiger partial charge in [0.05, 0.1) is 6.42 Å². The molecule has 0 aliphatic heterocycles. The van der Waals surface area contributed by atoms with E-state index in [9.17, 15) is 4.79 Å². The molecule has 0 radical (unpaired) electrons. The molecule has 0 saturated heterocycles. The maximum absolute atomic E-state index is 10.5. The number of aliphatic carboxylic acids is 1. The van der Waals surface area contributed by atoms with Crippen molar-refractivity contribution in [3.05, 3.63) is 35.4 Å². The monoisotopic (exact) mass is 219 g/mol. The molecule has 2 rings (SSSR count). The van der Waals surface area contributed by atoms with Crippen LogP contribution in [0.4, 0.5) is 0 Å². The Bertz CT molecular complexity index is 368. The number of carboxylic acid groups (broad SMARTS) is 1. The van der Waals surface area contributed by atoms with Crippen molar-refractivity contribution in [3.63, 3.8) is 0 Å². The molecule has 0 aromatic heterocycles. The molecule has 1 aromatic carbocycles. The fraction of sp³-hybridized carbons (Fsp3) is 0.462. The third-order valence-corrected chi connectivity index (χ3v) is 3.38. The van der Waals surface area contributed by atoms with Crippen LogP contribution in [0.25, 0.3) is 0 Å². The van der Waals surface area contributed by atoms with Crippen molar-refractivity contribution in [3.8, 4) is 0 Å². The minimum absolute atomic E-state index is 0.0823. The minimum Gasteiger partial charge on any atom is -0.481 e. The van der Waals surface area contributed by atoms with E-state index in [2.05, 4.69) is 0 Å². The highest BCUT2D eigenvalue weighted by molar-refractivity contribution is 5.70. The van der Waals surface area contributed by atoms with E-state index in [-0.39, 0.29) is 12.5 Å². The Kier molecular flexibility index (Phi) is 3.25. The molecule has 1 unspecified atom stereocenters. The van der Waals surface area contributed by atoms with Crippen molar-refractivity contribution >= 4 is 5.97 Å². The highest BCUT2D eigenvalue weighted by Crippen LogP contribution is 2.36. The number of nitrogens with two attached hydrogens (primary N) is 1. The van der Waals surface area contributed by atoms with E-state index in [1.165, 1.54) is 19.3 Å². The van der Waals surface area contributed by atoms with Crippen LogP contribution in [0.3, 0.4) is 0 Å². The molecular weight excluding hydrogens is 202 g/mol. The lowest BCUT2D eigenvalue weighted by Crippen LogP contribution is -2.26. The number of carbonyl (C=O) groups is 1. The smallest absolute Gasteiger partial charge is 0.307 e. The Morgan fingerprint density at radius 1 is 1.38 bits per heavy atom. The van der Waals surface area contributed by atoms with Crippen LogP contribution >= 0.6 is 0 Å². The van der Waals surface area contributed by atoms with Crippen LogP contribution in [0.5, 0.6) is 0 Å². The topological polar surface area (TPSA) is 63.3 Å². The normalized spacial score (nSPS) is 17.8. The Morgan fingerprint density at radius 3 is 2.44 bits per heavy atom. The van der Waals surface area contributed by atoms with Gasteiger partial charge in [0.15, 0.2) is 0 Å². The molecule has 1 saturated carbocycles. The average molecular weight is 219 g/mol. The largest absolute Gasteiger partial charge is 0.481 e. The van der Waals surface area contributed by atoms with Gasteiger partial charge in [-0.15, -0.1) is 0 Å². The molecule has 1 aliphatic rings. The Labute approximate surface area is 95.3 Å². The van der Waals surface area contributed by atoms with Crippen molar-refractivity contribution in [2.75, 3.05) is 0 Å². The molecule has 3 N–H and O–H groups in total. The van der Waals surface area contributed by atoms with E-state index in [0.29, 0.717) is 5.92 Å². The zero-order chi connectivity index (χ0) is 11.5. The maximum Gasteiger partial charge on any atom is 0.307 e. The van der Waals surface area contributed by atoms with Crippen molar-refractivity contribution in [2.24, 2.45) is 11.7 Å². The van der Waals surface area contributed by atoms with Gasteiger partial charge in [-0.05, 0) is 29.9 Å². The molecule has 1 aliphatic carbocycles. The van der Waals surface area contributed by atoms with E-state index >= 15 is 0 Å². The molecule has 0 bridgehead atoms. The third kappa shape index (κ3) is 2.42. The van der Waals surface area contributed by atoms with Crippen molar-refractivity contribution < 1.29 is 9.90 Å². The van der Waals surface area contributed by atoms with Gasteiger partial charge in [0.2, 0.25) is 0 Å². The first-order chi connectivity index (χ1) is 7.66. The van der Waals surface area contributed by atoms with Crippen LogP contribution in [0.1, 0.15) is 36.4 Å². The first-order valence-electron chi connectivity index (χ1n) is 5.73. The standard InChI is InChI=1S/C13H17NO2/c14-13(10-2-1-3-10)11-6-4-9(5-7-11)8-12(15)16/h4-7,10,13H,1-3,8,14H2,(H,15,16). The Morgan fingerprint density at radius 2 is 2.00 bits per heavy atom. The quantitative estimate of drug-likeness (QED) is 0.815. The Hall–Kier alpha value is -1.35. The molecule has 16 heavy (non-hydrogen) atoms. The highest BCUT2D eigenvalue weighted by Gasteiger charge is 2.25. The van der Waals surface area contributed by atoms with Crippen molar-refractivity contribution in [2.45, 2.75) is 31.7 Å². The third-order valence-electron chi connectivity index (χ3n) is 3.38. The summed E-state index contributed by atoms with van der Waals surface area (Å²) in [5.41, 5.74) is 8.09. The predicted octanol–water partition coefficient (Wildman–Crippen LogP) is 2.11. The van der Waals surface area contributed by atoms with Gasteiger partial charge in [-0.2, -0.15) is 0 Å². The Balaban J connectivity index is 2.03. The molecule has 1 atom stereocenters. The van der Waals surface area contributed by atoms with Crippen LogP contribution in [-0.4, -0.2) is 11.1 Å². The molecule has 0 heterocycles. The van der Waals surface area contributed by atoms with Crippen LogP contribution in [0.2, 0.25) is 0 Å². The molecule has 1 aromatic rings. The molecule has 0 amide bonds. The summed E-state index contributed by atoms with van der Waals surface area (Å²) in [6, 6.07) is 7.76. The van der Waals surface area contributed by atoms with Gasteiger partial charge in [-0.3, -0.25) is 4.79 Å².